The highest BCUT2D eigenvalue weighted by Crippen LogP contribution is 2.56. The van der Waals surface area contributed by atoms with E-state index < -0.39 is 53.1 Å². The number of rotatable bonds is 5. The van der Waals surface area contributed by atoms with Crippen LogP contribution in [0.1, 0.15) is 111 Å². The maximum atomic E-state index is 14.4. The topological polar surface area (TPSA) is 130 Å². The number of phenols is 2. The van der Waals surface area contributed by atoms with Crippen LogP contribution in [-0.4, -0.2) is 32.6 Å². The van der Waals surface area contributed by atoms with E-state index in [1.165, 1.54) is 12.1 Å². The summed E-state index contributed by atoms with van der Waals surface area (Å²) in [6.45, 7) is 25.3. The third-order valence-corrected chi connectivity index (χ3v) is 17.1. The van der Waals surface area contributed by atoms with Crippen LogP contribution in [0.2, 0.25) is 0 Å². The Kier molecular flexibility index (Phi) is 13.7. The van der Waals surface area contributed by atoms with Crippen molar-refractivity contribution in [2.75, 3.05) is 4.72 Å². The van der Waals surface area contributed by atoms with Gasteiger partial charge in [0.15, 0.2) is 5.75 Å². The molecule has 0 atom stereocenters. The second kappa shape index (κ2) is 17.5. The smallest absolute Gasteiger partial charge is 0.506 e. The molecule has 17 heteroatoms. The minimum absolute atomic E-state index is 0.0193. The van der Waals surface area contributed by atoms with E-state index in [-0.39, 0.29) is 51.5 Å². The molecule has 0 fully saturated rings. The van der Waals surface area contributed by atoms with E-state index in [9.17, 15) is 40.2 Å². The monoisotopic (exact) mass is 1010 g/mol. The molecule has 5 aromatic rings. The van der Waals surface area contributed by atoms with Crippen LogP contribution < -0.4 is 8.91 Å². The normalized spacial score (nSPS) is 14.3. The number of fused-ring (bicyclic) bond motifs is 8. The summed E-state index contributed by atoms with van der Waals surface area (Å²) in [5.74, 6) is -1.18. The summed E-state index contributed by atoms with van der Waals surface area (Å²) >= 11 is 3.86. The van der Waals surface area contributed by atoms with Crippen LogP contribution in [0.5, 0.6) is 17.2 Å². The van der Waals surface area contributed by atoms with Crippen molar-refractivity contribution in [3.63, 3.8) is 0 Å². The van der Waals surface area contributed by atoms with Gasteiger partial charge in [-0.1, -0.05) is 148 Å². The maximum absolute atomic E-state index is 14.4. The number of sulfonamides is 1. The molecule has 1 aliphatic rings. The number of hydrogen-bond donors (Lipinski definition) is 3. The molecule has 0 amide bonds. The Labute approximate surface area is 398 Å². The summed E-state index contributed by atoms with van der Waals surface area (Å²) in [6, 6.07) is 20.2. The predicted octanol–water partition coefficient (Wildman–Crippen LogP) is 14.5. The van der Waals surface area contributed by atoms with E-state index in [1.807, 2.05) is 102 Å². The molecule has 0 radical (unpaired) electrons. The van der Waals surface area contributed by atoms with Gasteiger partial charge >= 0.3 is 15.6 Å². The zero-order valence-electron chi connectivity index (χ0n) is 38.4. The summed E-state index contributed by atoms with van der Waals surface area (Å²) in [4.78, 5) is 1.69. The fraction of sp³-hybridized carbons (Fsp3) is 0.375. The van der Waals surface area contributed by atoms with Gasteiger partial charge in [-0.2, -0.15) is 21.6 Å². The highest BCUT2D eigenvalue weighted by molar-refractivity contribution is 8.01. The van der Waals surface area contributed by atoms with Crippen molar-refractivity contribution < 1.29 is 44.4 Å². The van der Waals surface area contributed by atoms with Gasteiger partial charge in [-0.3, -0.25) is 4.72 Å². The van der Waals surface area contributed by atoms with Crippen LogP contribution in [-0.2, 0) is 41.8 Å². The molecule has 1 aliphatic heterocycles. The van der Waals surface area contributed by atoms with E-state index in [2.05, 4.69) is 4.72 Å². The lowest BCUT2D eigenvalue weighted by Crippen LogP contribution is -2.28. The van der Waals surface area contributed by atoms with Crippen molar-refractivity contribution in [1.29, 1.82) is 0 Å². The second-order valence-corrected chi connectivity index (χ2v) is 27.7. The van der Waals surface area contributed by atoms with Crippen molar-refractivity contribution in [3.05, 3.63) is 101 Å². The van der Waals surface area contributed by atoms with Crippen LogP contribution in [0, 0.1) is 6.92 Å². The third kappa shape index (κ3) is 11.2. The molecule has 0 spiro atoms. The van der Waals surface area contributed by atoms with E-state index in [4.69, 9.17) is 4.18 Å². The molecular weight excluding hydrogens is 952 g/mol. The standard InChI is InChI=1S/C48H54F3NO7S6/c1-26-14-16-31(17-15-26)64(55,56)52-40-32-18-27(44(2,3)4)19-33(40)61-35-21-29(46(8,9)10)23-37(42(35)54)63-39-25-30(47(11,12)13)24-38(43(39)59-65(57,58)48(49,50)51)62-36-22-28(45(5,6)7)20-34(60-32)41(36)53/h14-25,52-54H,1-13H3. The molecule has 0 unspecified atom stereocenters. The number of aryl methyl sites for hydroxylation is 1. The number of hydrogen-bond acceptors (Lipinski definition) is 11. The van der Waals surface area contributed by atoms with Gasteiger partial charge in [-0.15, -0.1) is 0 Å². The van der Waals surface area contributed by atoms with E-state index in [0.717, 1.165) is 58.2 Å². The van der Waals surface area contributed by atoms with Crippen LogP contribution in [0.15, 0.2) is 117 Å². The Balaban J connectivity index is 1.79. The summed E-state index contributed by atoms with van der Waals surface area (Å²) in [5.41, 5.74) is -4.09. The summed E-state index contributed by atoms with van der Waals surface area (Å²) in [7, 11) is -10.5. The van der Waals surface area contributed by atoms with Crippen molar-refractivity contribution in [2.24, 2.45) is 0 Å². The average Bonchev–Trinajstić information content (AvgIpc) is 3.14. The molecule has 350 valence electrons. The number of halogens is 3. The number of anilines is 1. The number of benzene rings is 5. The maximum Gasteiger partial charge on any atom is 0.534 e. The molecule has 8 bridgehead atoms. The molecule has 0 aliphatic carbocycles. The second-order valence-electron chi connectivity index (χ2n) is 20.1. The SMILES string of the molecule is Cc1ccc(S(=O)(=O)Nc2c3cc(C(C)(C)C)cc2Sc2cc(C(C)(C)C)cc(c2O)Sc2cc(C(C)(C)C)cc(c2OS(=O)(=O)C(F)(F)F)Sc2cc(C(C)(C)C)cc(c2O)S3)cc1. The molecule has 65 heavy (non-hydrogen) atoms. The highest BCUT2D eigenvalue weighted by Gasteiger charge is 2.49. The fourth-order valence-corrected chi connectivity index (χ4v) is 12.8. The van der Waals surface area contributed by atoms with E-state index >= 15 is 0 Å². The van der Waals surface area contributed by atoms with Crippen molar-refractivity contribution in [2.45, 2.75) is 161 Å². The van der Waals surface area contributed by atoms with Crippen LogP contribution in [0.25, 0.3) is 0 Å². The fourth-order valence-electron chi connectivity index (χ4n) is 6.41. The average molecular weight is 1010 g/mol. The zero-order chi connectivity index (χ0) is 48.6. The van der Waals surface area contributed by atoms with Gasteiger partial charge in [0.1, 0.15) is 11.5 Å². The Morgan fingerprint density at radius 2 is 0.785 bits per heavy atom. The first-order chi connectivity index (χ1) is 29.5. The summed E-state index contributed by atoms with van der Waals surface area (Å²) in [5, 5.41) is 24.7. The van der Waals surface area contributed by atoms with E-state index in [1.54, 1.807) is 48.5 Å². The molecule has 0 aromatic heterocycles. The largest absolute Gasteiger partial charge is 0.534 e. The molecule has 8 nitrogen and oxygen atoms in total. The van der Waals surface area contributed by atoms with Crippen LogP contribution in [0.4, 0.5) is 18.9 Å². The molecule has 1 heterocycles. The summed E-state index contributed by atoms with van der Waals surface area (Å²) < 4.78 is 105. The van der Waals surface area contributed by atoms with Gasteiger partial charge in [0.2, 0.25) is 0 Å². The van der Waals surface area contributed by atoms with Crippen LogP contribution in [0.3, 0.4) is 0 Å². The molecular formula is C48H54F3NO7S6. The Hall–Kier alpha value is -3.61. The van der Waals surface area contributed by atoms with Gasteiger partial charge in [0.05, 0.1) is 40.0 Å². The third-order valence-electron chi connectivity index (χ3n) is 10.6. The quantitative estimate of drug-likeness (QED) is 0.113. The number of aromatic hydroxyl groups is 2. The molecule has 0 saturated carbocycles. The van der Waals surface area contributed by atoms with Gasteiger partial charge in [0.25, 0.3) is 10.0 Å². The minimum atomic E-state index is -6.24. The zero-order valence-corrected chi connectivity index (χ0v) is 43.3. The summed E-state index contributed by atoms with van der Waals surface area (Å²) in [6.07, 6.45) is 0. The Bertz CT molecular complexity index is 2790. The molecule has 6 rings (SSSR count). The lowest BCUT2D eigenvalue weighted by atomic mass is 9.87. The Morgan fingerprint density at radius 3 is 1.09 bits per heavy atom. The lowest BCUT2D eigenvalue weighted by molar-refractivity contribution is -0.0501. The molecule has 3 N–H and O–H groups in total. The number of alkyl halides is 3. The van der Waals surface area contributed by atoms with Crippen molar-refractivity contribution in [3.8, 4) is 17.2 Å². The van der Waals surface area contributed by atoms with Crippen molar-refractivity contribution >= 4 is 72.9 Å². The first-order valence-electron chi connectivity index (χ1n) is 20.5. The first kappa shape index (κ1) is 50.8. The van der Waals surface area contributed by atoms with E-state index in [0.29, 0.717) is 26.5 Å². The number of nitrogens with one attached hydrogen (secondary N) is 1. The lowest BCUT2D eigenvalue weighted by Gasteiger charge is -2.27. The predicted molar refractivity (Wildman–Crippen MR) is 258 cm³/mol. The minimum Gasteiger partial charge on any atom is -0.506 e. The molecule has 0 saturated heterocycles. The first-order valence-corrected chi connectivity index (χ1v) is 26.6. The van der Waals surface area contributed by atoms with Gasteiger partial charge < -0.3 is 14.4 Å². The number of phenolic OH excluding ortho intramolecular Hbond substituents is 2. The van der Waals surface area contributed by atoms with Gasteiger partial charge in [0, 0.05) is 9.79 Å². The van der Waals surface area contributed by atoms with Gasteiger partial charge in [-0.25, -0.2) is 8.42 Å². The Morgan fingerprint density at radius 1 is 0.492 bits per heavy atom. The highest BCUT2D eigenvalue weighted by atomic mass is 32.2. The van der Waals surface area contributed by atoms with Gasteiger partial charge in [-0.05, 0) is 112 Å². The molecule has 5 aromatic carbocycles. The van der Waals surface area contributed by atoms with Crippen LogP contribution >= 0.6 is 47.0 Å². The van der Waals surface area contributed by atoms with Crippen molar-refractivity contribution in [1.82, 2.24) is 0 Å².